The summed E-state index contributed by atoms with van der Waals surface area (Å²) in [7, 11) is 0. The molecule has 0 amide bonds. The van der Waals surface area contributed by atoms with Gasteiger partial charge >= 0.3 is 0 Å². The Labute approximate surface area is 58.9 Å². The molecule has 0 spiro atoms. The number of alkyl halides is 1. The van der Waals surface area contributed by atoms with Gasteiger partial charge in [0.1, 0.15) is 0 Å². The maximum Gasteiger partial charge on any atom is 0.0598 e. The Kier molecular flexibility index (Phi) is 2.46. The third kappa shape index (κ3) is 1.98. The lowest BCUT2D eigenvalue weighted by Gasteiger charge is -1.91. The van der Waals surface area contributed by atoms with Crippen LogP contribution in [-0.2, 0) is 6.42 Å². The van der Waals surface area contributed by atoms with Crippen molar-refractivity contribution in [1.82, 2.24) is 9.97 Å². The minimum atomic E-state index is 0.610. The van der Waals surface area contributed by atoms with Crippen LogP contribution in [0.15, 0.2) is 18.6 Å². The molecule has 0 atom stereocenters. The Morgan fingerprint density at radius 2 is 2.33 bits per heavy atom. The fraction of sp³-hybridized carbons (Fsp3) is 0.333. The number of rotatable bonds is 2. The molecule has 0 aliphatic heterocycles. The number of aryl methyl sites for hydroxylation is 1. The summed E-state index contributed by atoms with van der Waals surface area (Å²) < 4.78 is 0. The number of aromatic nitrogens is 2. The van der Waals surface area contributed by atoms with Gasteiger partial charge in [0.2, 0.25) is 0 Å². The van der Waals surface area contributed by atoms with Gasteiger partial charge in [0.25, 0.3) is 0 Å². The van der Waals surface area contributed by atoms with Crippen molar-refractivity contribution in [1.29, 1.82) is 0 Å². The van der Waals surface area contributed by atoms with Crippen LogP contribution in [0.1, 0.15) is 5.69 Å². The molecule has 1 rings (SSSR count). The molecule has 0 bridgehead atoms. The van der Waals surface area contributed by atoms with E-state index in [1.165, 1.54) is 0 Å². The van der Waals surface area contributed by atoms with Gasteiger partial charge in [-0.2, -0.15) is 0 Å². The molecule has 0 unspecified atom stereocenters. The summed E-state index contributed by atoms with van der Waals surface area (Å²) in [5, 5.41) is 0. The van der Waals surface area contributed by atoms with Crippen LogP contribution in [0.4, 0.5) is 0 Å². The fourth-order valence-electron chi connectivity index (χ4n) is 0.556. The number of halogens is 1. The van der Waals surface area contributed by atoms with Gasteiger partial charge in [0.15, 0.2) is 0 Å². The van der Waals surface area contributed by atoms with Crippen LogP contribution < -0.4 is 0 Å². The second-order valence-corrected chi connectivity index (χ2v) is 2.01. The smallest absolute Gasteiger partial charge is 0.0598 e. The molecule has 0 N–H and O–H groups in total. The average Bonchev–Trinajstić information content (AvgIpc) is 1.91. The van der Waals surface area contributed by atoms with Gasteiger partial charge in [0.05, 0.1) is 5.69 Å². The molecule has 1 heterocycles. The predicted octanol–water partition coefficient (Wildman–Crippen LogP) is 1.26. The van der Waals surface area contributed by atoms with Crippen molar-refractivity contribution in [3.8, 4) is 0 Å². The summed E-state index contributed by atoms with van der Waals surface area (Å²) in [6.07, 6.45) is 5.84. The van der Waals surface area contributed by atoms with Gasteiger partial charge in [-0.15, -0.1) is 11.6 Å². The monoisotopic (exact) mass is 142 g/mol. The second-order valence-electron chi connectivity index (χ2n) is 1.64. The first-order chi connectivity index (χ1) is 4.43. The van der Waals surface area contributed by atoms with Crippen molar-refractivity contribution < 1.29 is 0 Å². The molecule has 1 aromatic rings. The zero-order valence-corrected chi connectivity index (χ0v) is 5.67. The Morgan fingerprint density at radius 1 is 1.44 bits per heavy atom. The normalized spacial score (nSPS) is 9.44. The Balaban J connectivity index is 2.61. The van der Waals surface area contributed by atoms with Crippen molar-refractivity contribution >= 4 is 11.6 Å². The molecule has 9 heavy (non-hydrogen) atoms. The number of hydrogen-bond acceptors (Lipinski definition) is 2. The molecule has 2 nitrogen and oxygen atoms in total. The van der Waals surface area contributed by atoms with E-state index in [4.69, 9.17) is 11.6 Å². The molecule has 0 saturated carbocycles. The van der Waals surface area contributed by atoms with Crippen molar-refractivity contribution in [3.63, 3.8) is 0 Å². The van der Waals surface area contributed by atoms with Gasteiger partial charge in [0, 0.05) is 30.9 Å². The molecule has 48 valence electrons. The van der Waals surface area contributed by atoms with Gasteiger partial charge in [-0.25, -0.2) is 0 Å². The zero-order valence-electron chi connectivity index (χ0n) is 4.92. The molecule has 3 heteroatoms. The van der Waals surface area contributed by atoms with Gasteiger partial charge < -0.3 is 0 Å². The van der Waals surface area contributed by atoms with Gasteiger partial charge in [-0.3, -0.25) is 9.97 Å². The highest BCUT2D eigenvalue weighted by Gasteiger charge is 1.88. The van der Waals surface area contributed by atoms with Crippen LogP contribution in [0.3, 0.4) is 0 Å². The van der Waals surface area contributed by atoms with E-state index in [0.717, 1.165) is 12.1 Å². The molecule has 0 aliphatic rings. The molecular formula is C6H7ClN2. The molecular weight excluding hydrogens is 136 g/mol. The third-order valence-electron chi connectivity index (χ3n) is 0.967. The first kappa shape index (κ1) is 6.49. The summed E-state index contributed by atoms with van der Waals surface area (Å²) in [6.45, 7) is 0. The zero-order chi connectivity index (χ0) is 6.53. The highest BCUT2D eigenvalue weighted by atomic mass is 35.5. The number of hydrogen-bond donors (Lipinski definition) is 0. The van der Waals surface area contributed by atoms with E-state index in [1.807, 2.05) is 0 Å². The van der Waals surface area contributed by atoms with E-state index >= 15 is 0 Å². The summed E-state index contributed by atoms with van der Waals surface area (Å²) >= 11 is 5.47. The van der Waals surface area contributed by atoms with Crippen molar-refractivity contribution in [2.24, 2.45) is 0 Å². The van der Waals surface area contributed by atoms with Crippen LogP contribution >= 0.6 is 11.6 Å². The Bertz CT molecular complexity index is 164. The molecule has 0 radical (unpaired) electrons. The fourth-order valence-corrected chi connectivity index (χ4v) is 0.750. The third-order valence-corrected chi connectivity index (χ3v) is 1.16. The molecule has 0 saturated heterocycles. The topological polar surface area (TPSA) is 25.8 Å². The lowest BCUT2D eigenvalue weighted by atomic mass is 10.4. The summed E-state index contributed by atoms with van der Waals surface area (Å²) in [5.74, 6) is 0.610. The maximum atomic E-state index is 5.47. The highest BCUT2D eigenvalue weighted by Crippen LogP contribution is 1.92. The van der Waals surface area contributed by atoms with E-state index in [9.17, 15) is 0 Å². The summed E-state index contributed by atoms with van der Waals surface area (Å²) in [5.41, 5.74) is 0.951. The van der Waals surface area contributed by atoms with Crippen LogP contribution in [0.2, 0.25) is 0 Å². The Morgan fingerprint density at radius 3 is 2.89 bits per heavy atom. The Hall–Kier alpha value is -0.630. The predicted molar refractivity (Wildman–Crippen MR) is 36.5 cm³/mol. The SMILES string of the molecule is ClCCc1cnccn1. The minimum absolute atomic E-state index is 0.610. The second kappa shape index (κ2) is 3.41. The van der Waals surface area contributed by atoms with Gasteiger partial charge in [-0.1, -0.05) is 0 Å². The first-order valence-corrected chi connectivity index (χ1v) is 3.28. The van der Waals surface area contributed by atoms with Crippen molar-refractivity contribution in [2.75, 3.05) is 5.88 Å². The lowest BCUT2D eigenvalue weighted by molar-refractivity contribution is 1.00. The minimum Gasteiger partial charge on any atom is -0.261 e. The van der Waals surface area contributed by atoms with E-state index in [1.54, 1.807) is 18.6 Å². The van der Waals surface area contributed by atoms with Crippen molar-refractivity contribution in [3.05, 3.63) is 24.3 Å². The standard InChI is InChI=1S/C6H7ClN2/c7-2-1-6-5-8-3-4-9-6/h3-5H,1-2H2. The van der Waals surface area contributed by atoms with E-state index in [0.29, 0.717) is 5.88 Å². The molecule has 0 aliphatic carbocycles. The van der Waals surface area contributed by atoms with E-state index in [-0.39, 0.29) is 0 Å². The number of nitrogens with zero attached hydrogens (tertiary/aromatic N) is 2. The van der Waals surface area contributed by atoms with Crippen LogP contribution in [-0.4, -0.2) is 15.8 Å². The summed E-state index contributed by atoms with van der Waals surface area (Å²) in [4.78, 5) is 7.90. The molecule has 0 aromatic carbocycles. The van der Waals surface area contributed by atoms with Gasteiger partial charge in [-0.05, 0) is 0 Å². The summed E-state index contributed by atoms with van der Waals surface area (Å²) in [6, 6.07) is 0. The lowest BCUT2D eigenvalue weighted by Crippen LogP contribution is -1.90. The van der Waals surface area contributed by atoms with Crippen LogP contribution in [0, 0.1) is 0 Å². The van der Waals surface area contributed by atoms with E-state index < -0.39 is 0 Å². The molecule has 0 fully saturated rings. The van der Waals surface area contributed by atoms with Crippen LogP contribution in [0.5, 0.6) is 0 Å². The highest BCUT2D eigenvalue weighted by molar-refractivity contribution is 6.17. The first-order valence-electron chi connectivity index (χ1n) is 2.74. The maximum absolute atomic E-state index is 5.47. The van der Waals surface area contributed by atoms with Crippen LogP contribution in [0.25, 0.3) is 0 Å². The molecule has 1 aromatic heterocycles. The largest absolute Gasteiger partial charge is 0.261 e. The van der Waals surface area contributed by atoms with E-state index in [2.05, 4.69) is 9.97 Å². The quantitative estimate of drug-likeness (QED) is 0.581. The van der Waals surface area contributed by atoms with Crippen molar-refractivity contribution in [2.45, 2.75) is 6.42 Å². The average molecular weight is 143 g/mol.